The van der Waals surface area contributed by atoms with E-state index in [1.54, 1.807) is 36.7 Å². The zero-order valence-electron chi connectivity index (χ0n) is 13.4. The molecule has 3 nitrogen and oxygen atoms in total. The minimum atomic E-state index is -4.72. The zero-order valence-corrected chi connectivity index (χ0v) is 13.4. The Hall–Kier alpha value is -3.09. The fourth-order valence-corrected chi connectivity index (χ4v) is 2.41. The average Bonchev–Trinajstić information content (AvgIpc) is 2.62. The molecule has 26 heavy (non-hydrogen) atoms. The van der Waals surface area contributed by atoms with Crippen molar-refractivity contribution in [1.29, 1.82) is 0 Å². The number of benzene rings is 2. The molecule has 1 aromatic heterocycles. The molecule has 7 heteroatoms. The van der Waals surface area contributed by atoms with Gasteiger partial charge in [0.2, 0.25) is 0 Å². The standard InChI is InChI=1S/C19H14F4N2O/c20-18-6-1-13(11-17(18)14-7-9-24-10-8-14)12-25-15-2-4-16(5-3-15)26-19(21,22)23/h1-11,25H,12H2. The Morgan fingerprint density at radius 1 is 0.923 bits per heavy atom. The highest BCUT2D eigenvalue weighted by Gasteiger charge is 2.30. The number of ether oxygens (including phenoxy) is 1. The van der Waals surface area contributed by atoms with Gasteiger partial charge in [0.05, 0.1) is 0 Å². The van der Waals surface area contributed by atoms with Gasteiger partial charge in [-0.3, -0.25) is 4.98 Å². The van der Waals surface area contributed by atoms with Gasteiger partial charge in [0.25, 0.3) is 0 Å². The molecular weight excluding hydrogens is 348 g/mol. The Morgan fingerprint density at radius 3 is 2.27 bits per heavy atom. The fraction of sp³-hybridized carbons (Fsp3) is 0.105. The second-order valence-electron chi connectivity index (χ2n) is 5.48. The topological polar surface area (TPSA) is 34.1 Å². The van der Waals surface area contributed by atoms with Crippen LogP contribution in [0.5, 0.6) is 5.75 Å². The second-order valence-corrected chi connectivity index (χ2v) is 5.48. The number of aromatic nitrogens is 1. The summed E-state index contributed by atoms with van der Waals surface area (Å²) in [5.74, 6) is -0.626. The fourth-order valence-electron chi connectivity index (χ4n) is 2.41. The van der Waals surface area contributed by atoms with E-state index >= 15 is 0 Å². The van der Waals surface area contributed by atoms with E-state index in [-0.39, 0.29) is 11.6 Å². The van der Waals surface area contributed by atoms with Crippen LogP contribution in [0.1, 0.15) is 5.56 Å². The molecule has 0 spiro atoms. The number of halogens is 4. The highest BCUT2D eigenvalue weighted by atomic mass is 19.4. The molecule has 2 aromatic carbocycles. The molecule has 0 atom stereocenters. The van der Waals surface area contributed by atoms with E-state index in [0.29, 0.717) is 23.4 Å². The van der Waals surface area contributed by atoms with E-state index in [9.17, 15) is 17.6 Å². The summed E-state index contributed by atoms with van der Waals surface area (Å²) in [6.45, 7) is 0.387. The number of anilines is 1. The molecule has 0 aliphatic carbocycles. The normalized spacial score (nSPS) is 11.2. The van der Waals surface area contributed by atoms with Crippen LogP contribution in [0.15, 0.2) is 67.0 Å². The smallest absolute Gasteiger partial charge is 0.406 e. The molecule has 0 amide bonds. The first-order valence-corrected chi connectivity index (χ1v) is 7.69. The van der Waals surface area contributed by atoms with Crippen molar-refractivity contribution in [3.63, 3.8) is 0 Å². The zero-order chi connectivity index (χ0) is 18.6. The first kappa shape index (κ1) is 17.7. The summed E-state index contributed by atoms with van der Waals surface area (Å²) in [6, 6.07) is 13.6. The Kier molecular flexibility index (Phi) is 5.06. The Morgan fingerprint density at radius 2 is 1.62 bits per heavy atom. The number of hydrogen-bond donors (Lipinski definition) is 1. The lowest BCUT2D eigenvalue weighted by Gasteiger charge is -2.11. The van der Waals surface area contributed by atoms with Gasteiger partial charge >= 0.3 is 6.36 Å². The molecule has 1 N–H and O–H groups in total. The Labute approximate surface area is 147 Å². The Balaban J connectivity index is 1.68. The van der Waals surface area contributed by atoms with E-state index in [4.69, 9.17) is 0 Å². The molecule has 0 saturated carbocycles. The lowest BCUT2D eigenvalue weighted by Crippen LogP contribution is -2.17. The molecule has 1 heterocycles. The van der Waals surface area contributed by atoms with Crippen LogP contribution in [0.2, 0.25) is 0 Å². The number of pyridine rings is 1. The van der Waals surface area contributed by atoms with Crippen LogP contribution in [0.3, 0.4) is 0 Å². The van der Waals surface area contributed by atoms with Crippen LogP contribution >= 0.6 is 0 Å². The molecular formula is C19H14F4N2O. The SMILES string of the molecule is Fc1ccc(CNc2ccc(OC(F)(F)F)cc2)cc1-c1ccncc1. The summed E-state index contributed by atoms with van der Waals surface area (Å²) >= 11 is 0. The first-order valence-electron chi connectivity index (χ1n) is 7.69. The van der Waals surface area contributed by atoms with Crippen LogP contribution in [0, 0.1) is 5.82 Å². The van der Waals surface area contributed by atoms with Crippen LogP contribution in [-0.2, 0) is 6.54 Å². The molecule has 0 radical (unpaired) electrons. The van der Waals surface area contributed by atoms with E-state index < -0.39 is 6.36 Å². The summed E-state index contributed by atoms with van der Waals surface area (Å²) in [5.41, 5.74) is 2.62. The van der Waals surface area contributed by atoms with Crippen molar-refractivity contribution in [3.05, 3.63) is 78.4 Å². The van der Waals surface area contributed by atoms with Gasteiger partial charge < -0.3 is 10.1 Å². The minimum Gasteiger partial charge on any atom is -0.406 e. The number of nitrogens with one attached hydrogen (secondary N) is 1. The summed E-state index contributed by atoms with van der Waals surface area (Å²) in [5, 5.41) is 3.08. The summed E-state index contributed by atoms with van der Waals surface area (Å²) in [4.78, 5) is 3.91. The van der Waals surface area contributed by atoms with E-state index in [0.717, 1.165) is 5.56 Å². The summed E-state index contributed by atoms with van der Waals surface area (Å²) < 4.78 is 54.3. The third-order valence-corrected chi connectivity index (χ3v) is 3.61. The van der Waals surface area contributed by atoms with E-state index in [1.807, 2.05) is 0 Å². The van der Waals surface area contributed by atoms with E-state index in [2.05, 4.69) is 15.0 Å². The molecule has 0 fully saturated rings. The maximum absolute atomic E-state index is 14.1. The van der Waals surface area contributed by atoms with Gasteiger partial charge in [-0.2, -0.15) is 0 Å². The quantitative estimate of drug-likeness (QED) is 0.617. The monoisotopic (exact) mass is 362 g/mol. The van der Waals surface area contributed by atoms with Crippen molar-refractivity contribution in [2.45, 2.75) is 12.9 Å². The van der Waals surface area contributed by atoms with Crippen molar-refractivity contribution >= 4 is 5.69 Å². The van der Waals surface area contributed by atoms with Crippen LogP contribution < -0.4 is 10.1 Å². The molecule has 0 saturated heterocycles. The predicted molar refractivity (Wildman–Crippen MR) is 90.1 cm³/mol. The number of hydrogen-bond acceptors (Lipinski definition) is 3. The Bertz CT molecular complexity index is 865. The van der Waals surface area contributed by atoms with Crippen LogP contribution in [-0.4, -0.2) is 11.3 Å². The molecule has 0 aliphatic heterocycles. The van der Waals surface area contributed by atoms with Crippen LogP contribution in [0.4, 0.5) is 23.2 Å². The molecule has 0 unspecified atom stereocenters. The van der Waals surface area contributed by atoms with Gasteiger partial charge in [-0.1, -0.05) is 6.07 Å². The van der Waals surface area contributed by atoms with Crippen molar-refractivity contribution in [2.24, 2.45) is 0 Å². The van der Waals surface area contributed by atoms with Crippen molar-refractivity contribution in [3.8, 4) is 16.9 Å². The second kappa shape index (κ2) is 7.43. The van der Waals surface area contributed by atoms with E-state index in [1.165, 1.54) is 30.3 Å². The van der Waals surface area contributed by atoms with Crippen LogP contribution in [0.25, 0.3) is 11.1 Å². The lowest BCUT2D eigenvalue weighted by atomic mass is 10.0. The molecule has 3 rings (SSSR count). The molecule has 3 aromatic rings. The van der Waals surface area contributed by atoms with Gasteiger partial charge in [0.15, 0.2) is 0 Å². The summed E-state index contributed by atoms with van der Waals surface area (Å²) in [7, 11) is 0. The number of rotatable bonds is 5. The van der Waals surface area contributed by atoms with Crippen molar-refractivity contribution < 1.29 is 22.3 Å². The minimum absolute atomic E-state index is 0.287. The highest BCUT2D eigenvalue weighted by Crippen LogP contribution is 2.25. The maximum atomic E-state index is 14.1. The van der Waals surface area contributed by atoms with Gasteiger partial charge in [-0.05, 0) is 59.7 Å². The van der Waals surface area contributed by atoms with Gasteiger partial charge in [0.1, 0.15) is 11.6 Å². The predicted octanol–water partition coefficient (Wildman–Crippen LogP) is 5.40. The molecule has 0 aliphatic rings. The first-order chi connectivity index (χ1) is 12.4. The molecule has 134 valence electrons. The lowest BCUT2D eigenvalue weighted by molar-refractivity contribution is -0.274. The molecule has 0 bridgehead atoms. The third-order valence-electron chi connectivity index (χ3n) is 3.61. The summed E-state index contributed by atoms with van der Waals surface area (Å²) in [6.07, 6.45) is -1.54. The number of alkyl halides is 3. The highest BCUT2D eigenvalue weighted by molar-refractivity contribution is 5.64. The number of nitrogens with zero attached hydrogens (tertiary/aromatic N) is 1. The van der Waals surface area contributed by atoms with Crippen molar-refractivity contribution in [2.75, 3.05) is 5.32 Å². The third kappa shape index (κ3) is 4.72. The average molecular weight is 362 g/mol. The van der Waals surface area contributed by atoms with Gasteiger partial charge in [-0.15, -0.1) is 13.2 Å². The maximum Gasteiger partial charge on any atom is 0.573 e. The largest absolute Gasteiger partial charge is 0.573 e. The van der Waals surface area contributed by atoms with Gasteiger partial charge in [-0.25, -0.2) is 4.39 Å². The van der Waals surface area contributed by atoms with Crippen molar-refractivity contribution in [1.82, 2.24) is 4.98 Å². The van der Waals surface area contributed by atoms with Gasteiger partial charge in [0, 0.05) is 30.2 Å².